The van der Waals surface area contributed by atoms with Crippen LogP contribution in [0.15, 0.2) is 34.7 Å². The molecule has 30 heavy (non-hydrogen) atoms. The number of rotatable bonds is 8. The Hall–Kier alpha value is -2.06. The van der Waals surface area contributed by atoms with E-state index in [2.05, 4.69) is 48.4 Å². The van der Waals surface area contributed by atoms with Gasteiger partial charge in [-0.25, -0.2) is 9.78 Å². The highest BCUT2D eigenvalue weighted by Gasteiger charge is 2.28. The van der Waals surface area contributed by atoms with Gasteiger partial charge in [-0.1, -0.05) is 48.1 Å². The number of carbonyl (C=O) groups is 2. The Balaban J connectivity index is 1.64. The van der Waals surface area contributed by atoms with Crippen molar-refractivity contribution >= 4 is 40.2 Å². The topological polar surface area (TPSA) is 82.5 Å². The van der Waals surface area contributed by atoms with E-state index < -0.39 is 5.97 Å². The molecule has 0 spiro atoms. The number of thioether (sulfide) groups is 1. The van der Waals surface area contributed by atoms with Crippen LogP contribution in [0.1, 0.15) is 43.7 Å². The number of hydrogen-bond donors (Lipinski definition) is 2. The van der Waals surface area contributed by atoms with Crippen LogP contribution in [0, 0.1) is 12.8 Å². The molecule has 0 bridgehead atoms. The lowest BCUT2D eigenvalue weighted by molar-refractivity contribution is -0.133. The number of aryl methyl sites for hydroxylation is 1. The average Bonchev–Trinajstić information content (AvgIpc) is 3.16. The van der Waals surface area contributed by atoms with Crippen LogP contribution in [0.2, 0.25) is 0 Å². The van der Waals surface area contributed by atoms with Gasteiger partial charge in [0.2, 0.25) is 0 Å². The Bertz CT molecular complexity index is 846. The molecule has 1 aromatic heterocycles. The van der Waals surface area contributed by atoms with Gasteiger partial charge in [-0.2, -0.15) is 0 Å². The summed E-state index contributed by atoms with van der Waals surface area (Å²) in [5.41, 5.74) is 2.46. The fourth-order valence-electron chi connectivity index (χ4n) is 3.69. The Labute approximate surface area is 186 Å². The predicted molar refractivity (Wildman–Crippen MR) is 123 cm³/mol. The van der Waals surface area contributed by atoms with Crippen molar-refractivity contribution in [2.24, 2.45) is 5.92 Å². The van der Waals surface area contributed by atoms with Crippen molar-refractivity contribution in [3.8, 4) is 0 Å². The average molecular weight is 448 g/mol. The third-order valence-corrected chi connectivity index (χ3v) is 7.58. The summed E-state index contributed by atoms with van der Waals surface area (Å²) in [6.45, 7) is 5.02. The van der Waals surface area contributed by atoms with Gasteiger partial charge in [0.1, 0.15) is 0 Å². The second kappa shape index (κ2) is 10.8. The summed E-state index contributed by atoms with van der Waals surface area (Å²) in [7, 11) is 0. The Morgan fingerprint density at radius 2 is 1.93 bits per heavy atom. The first-order valence-corrected chi connectivity index (χ1v) is 12.1. The molecule has 6 nitrogen and oxygen atoms in total. The van der Waals surface area contributed by atoms with Crippen LogP contribution >= 0.6 is 23.1 Å². The molecule has 1 aliphatic carbocycles. The van der Waals surface area contributed by atoms with E-state index in [-0.39, 0.29) is 17.8 Å². The van der Waals surface area contributed by atoms with Gasteiger partial charge in [-0.05, 0) is 50.5 Å². The summed E-state index contributed by atoms with van der Waals surface area (Å²) in [4.78, 5) is 30.1. The minimum atomic E-state index is -0.868. The number of hydrogen-bond acceptors (Lipinski definition) is 5. The lowest BCUT2D eigenvalue weighted by Gasteiger charge is -2.36. The van der Waals surface area contributed by atoms with Crippen LogP contribution in [0.4, 0.5) is 9.93 Å². The smallest absolute Gasteiger partial charge is 0.323 e. The number of benzene rings is 1. The molecule has 1 saturated carbocycles. The number of carboxylic acids is 1. The summed E-state index contributed by atoms with van der Waals surface area (Å²) in [5.74, 6) is -0.165. The lowest BCUT2D eigenvalue weighted by Crippen LogP contribution is -2.45. The maximum absolute atomic E-state index is 13.1. The number of carboxylic acid groups (broad SMARTS) is 1. The van der Waals surface area contributed by atoms with Crippen molar-refractivity contribution in [3.05, 3.63) is 41.6 Å². The van der Waals surface area contributed by atoms with E-state index in [1.165, 1.54) is 34.2 Å². The van der Waals surface area contributed by atoms with E-state index >= 15 is 0 Å². The van der Waals surface area contributed by atoms with Gasteiger partial charge >= 0.3 is 12.0 Å². The monoisotopic (exact) mass is 447 g/mol. The molecule has 1 aromatic carbocycles. The minimum absolute atomic E-state index is 0.0154. The molecular formula is C22H29N3O3S2. The van der Waals surface area contributed by atoms with Gasteiger partial charge < -0.3 is 10.0 Å². The van der Waals surface area contributed by atoms with E-state index in [4.69, 9.17) is 5.11 Å². The molecule has 1 fully saturated rings. The molecule has 0 unspecified atom stereocenters. The summed E-state index contributed by atoms with van der Waals surface area (Å²) >= 11 is 2.53. The summed E-state index contributed by atoms with van der Waals surface area (Å²) < 4.78 is 0.783. The second-order valence-corrected chi connectivity index (χ2v) is 10.2. The highest BCUT2D eigenvalue weighted by molar-refractivity contribution is 8.01. The molecule has 1 aliphatic rings. The quantitative estimate of drug-likeness (QED) is 0.538. The summed E-state index contributed by atoms with van der Waals surface area (Å²) in [6.07, 6.45) is 6.78. The van der Waals surface area contributed by atoms with Crippen LogP contribution in [-0.2, 0) is 11.2 Å². The number of anilines is 1. The van der Waals surface area contributed by atoms with Crippen molar-refractivity contribution in [3.63, 3.8) is 0 Å². The maximum Gasteiger partial charge on any atom is 0.323 e. The Morgan fingerprint density at radius 3 is 2.60 bits per heavy atom. The number of aromatic nitrogens is 1. The molecule has 0 atom stereocenters. The van der Waals surface area contributed by atoms with Crippen LogP contribution in [-0.4, -0.2) is 45.3 Å². The lowest BCUT2D eigenvalue weighted by atomic mass is 9.86. The molecule has 0 radical (unpaired) electrons. The number of aliphatic carboxylic acids is 1. The minimum Gasteiger partial charge on any atom is -0.481 e. The largest absolute Gasteiger partial charge is 0.481 e. The van der Waals surface area contributed by atoms with Crippen LogP contribution in [0.3, 0.4) is 0 Å². The molecule has 2 amide bonds. The third kappa shape index (κ3) is 6.74. The number of nitrogens with zero attached hydrogens (tertiary/aromatic N) is 2. The Kier molecular flexibility index (Phi) is 8.16. The van der Waals surface area contributed by atoms with Crippen molar-refractivity contribution in [2.45, 2.75) is 56.2 Å². The molecule has 0 saturated heterocycles. The standard InChI is InChI=1S/C22H29N3O3S2/c1-15-3-7-17(8-4-15)11-12-25(18-9-5-16(2)6-10-18)22(28)24-21-23-13-20(30-21)29-14-19(26)27/h3-4,7-8,13,16,18H,5-6,9-12,14H2,1-2H3,(H,26,27)(H,23,24,28). The third-order valence-electron chi connectivity index (χ3n) is 5.49. The van der Waals surface area contributed by atoms with E-state index in [0.29, 0.717) is 11.7 Å². The molecular weight excluding hydrogens is 418 g/mol. The van der Waals surface area contributed by atoms with Crippen LogP contribution in [0.5, 0.6) is 0 Å². The number of nitrogens with one attached hydrogen (secondary N) is 1. The number of amides is 2. The molecule has 8 heteroatoms. The maximum atomic E-state index is 13.1. The van der Waals surface area contributed by atoms with E-state index in [1.807, 2.05) is 4.90 Å². The van der Waals surface area contributed by atoms with Gasteiger partial charge in [0.05, 0.1) is 16.2 Å². The number of carbonyl (C=O) groups excluding carboxylic acids is 1. The number of urea groups is 1. The van der Waals surface area contributed by atoms with Crippen molar-refractivity contribution < 1.29 is 14.7 Å². The van der Waals surface area contributed by atoms with Crippen molar-refractivity contribution in [1.82, 2.24) is 9.88 Å². The second-order valence-electron chi connectivity index (χ2n) is 7.94. The first-order valence-electron chi connectivity index (χ1n) is 10.3. The molecule has 2 N–H and O–H groups in total. The van der Waals surface area contributed by atoms with Gasteiger partial charge in [0, 0.05) is 12.6 Å². The molecule has 1 heterocycles. The zero-order chi connectivity index (χ0) is 21.5. The molecule has 2 aromatic rings. The zero-order valence-corrected chi connectivity index (χ0v) is 19.1. The fraction of sp³-hybridized carbons (Fsp3) is 0.500. The van der Waals surface area contributed by atoms with Gasteiger partial charge in [0.25, 0.3) is 0 Å². The number of thiazole rings is 1. The highest BCUT2D eigenvalue weighted by atomic mass is 32.2. The van der Waals surface area contributed by atoms with E-state index in [0.717, 1.165) is 42.2 Å². The molecule has 3 rings (SSSR count). The normalized spacial score (nSPS) is 18.7. The van der Waals surface area contributed by atoms with Crippen molar-refractivity contribution in [2.75, 3.05) is 17.6 Å². The van der Waals surface area contributed by atoms with Gasteiger partial charge in [-0.3, -0.25) is 10.1 Å². The fourth-order valence-corrected chi connectivity index (χ4v) is 5.27. The van der Waals surface area contributed by atoms with E-state index in [1.54, 1.807) is 6.20 Å². The Morgan fingerprint density at radius 1 is 1.23 bits per heavy atom. The van der Waals surface area contributed by atoms with Crippen LogP contribution in [0.25, 0.3) is 0 Å². The van der Waals surface area contributed by atoms with Gasteiger partial charge in [-0.15, -0.1) is 11.8 Å². The highest BCUT2D eigenvalue weighted by Crippen LogP contribution is 2.30. The molecule has 162 valence electrons. The SMILES string of the molecule is Cc1ccc(CCN(C(=O)Nc2ncc(SCC(=O)O)s2)C2CCC(C)CC2)cc1. The van der Waals surface area contributed by atoms with Crippen molar-refractivity contribution in [1.29, 1.82) is 0 Å². The first kappa shape index (κ1) is 22.6. The zero-order valence-electron chi connectivity index (χ0n) is 17.5. The van der Waals surface area contributed by atoms with Gasteiger partial charge in [0.15, 0.2) is 5.13 Å². The molecule has 0 aliphatic heterocycles. The van der Waals surface area contributed by atoms with Crippen LogP contribution < -0.4 is 5.32 Å². The summed E-state index contributed by atoms with van der Waals surface area (Å²) in [5, 5.41) is 12.3. The predicted octanol–water partition coefficient (Wildman–Crippen LogP) is 5.28. The summed E-state index contributed by atoms with van der Waals surface area (Å²) in [6, 6.07) is 8.59. The van der Waals surface area contributed by atoms with E-state index in [9.17, 15) is 9.59 Å². The first-order chi connectivity index (χ1) is 14.4.